The van der Waals surface area contributed by atoms with E-state index in [0.29, 0.717) is 0 Å². The fraction of sp³-hybridized carbons (Fsp3) is 0.400. The number of nitrogens with zero attached hydrogens (tertiary/aromatic N) is 3. The van der Waals surface area contributed by atoms with E-state index in [4.69, 9.17) is 11.6 Å². The SMILES string of the molecule is CCc1c(C)nc2c(cnn2C)c1Cl. The van der Waals surface area contributed by atoms with Crippen molar-refractivity contribution in [2.75, 3.05) is 0 Å². The summed E-state index contributed by atoms with van der Waals surface area (Å²) in [7, 11) is 1.87. The van der Waals surface area contributed by atoms with Crippen LogP contribution in [-0.4, -0.2) is 14.8 Å². The third-order valence-electron chi connectivity index (χ3n) is 2.47. The Morgan fingerprint density at radius 3 is 2.86 bits per heavy atom. The van der Waals surface area contributed by atoms with Gasteiger partial charge in [-0.3, -0.25) is 4.68 Å². The molecule has 3 nitrogen and oxygen atoms in total. The average molecular weight is 210 g/mol. The Morgan fingerprint density at radius 2 is 2.21 bits per heavy atom. The zero-order chi connectivity index (χ0) is 10.3. The van der Waals surface area contributed by atoms with Crippen LogP contribution in [0, 0.1) is 6.92 Å². The first-order valence-corrected chi connectivity index (χ1v) is 4.99. The molecule has 0 unspecified atom stereocenters. The monoisotopic (exact) mass is 209 g/mol. The van der Waals surface area contributed by atoms with E-state index < -0.39 is 0 Å². The normalized spacial score (nSPS) is 11.1. The van der Waals surface area contributed by atoms with Gasteiger partial charge in [-0.25, -0.2) is 4.98 Å². The van der Waals surface area contributed by atoms with Crippen LogP contribution in [0.15, 0.2) is 6.20 Å². The van der Waals surface area contributed by atoms with Crippen LogP contribution in [0.2, 0.25) is 5.02 Å². The minimum absolute atomic E-state index is 0.795. The fourth-order valence-corrected chi connectivity index (χ4v) is 2.08. The van der Waals surface area contributed by atoms with Crippen molar-refractivity contribution in [2.24, 2.45) is 7.05 Å². The van der Waals surface area contributed by atoms with Gasteiger partial charge < -0.3 is 0 Å². The molecule has 0 aromatic carbocycles. The van der Waals surface area contributed by atoms with Crippen molar-refractivity contribution in [1.29, 1.82) is 0 Å². The maximum atomic E-state index is 6.27. The van der Waals surface area contributed by atoms with Gasteiger partial charge in [-0.15, -0.1) is 0 Å². The van der Waals surface area contributed by atoms with E-state index in [1.807, 2.05) is 14.0 Å². The van der Waals surface area contributed by atoms with Gasteiger partial charge in [0.1, 0.15) is 0 Å². The first-order valence-electron chi connectivity index (χ1n) is 4.61. The molecule has 2 heterocycles. The number of fused-ring (bicyclic) bond motifs is 1. The summed E-state index contributed by atoms with van der Waals surface area (Å²) in [5.41, 5.74) is 2.96. The van der Waals surface area contributed by atoms with Crippen molar-refractivity contribution in [1.82, 2.24) is 14.8 Å². The summed E-state index contributed by atoms with van der Waals surface area (Å²) in [6.07, 6.45) is 2.67. The highest BCUT2D eigenvalue weighted by Crippen LogP contribution is 2.27. The molecule has 74 valence electrons. The summed E-state index contributed by atoms with van der Waals surface area (Å²) in [6.45, 7) is 4.06. The highest BCUT2D eigenvalue weighted by Gasteiger charge is 2.11. The standard InChI is InChI=1S/C10H12ClN3/c1-4-7-6(2)13-10-8(9(7)11)5-12-14(10)3/h5H,4H2,1-3H3. The highest BCUT2D eigenvalue weighted by molar-refractivity contribution is 6.36. The lowest BCUT2D eigenvalue weighted by molar-refractivity contribution is 0.784. The minimum Gasteiger partial charge on any atom is -0.250 e. The Morgan fingerprint density at radius 1 is 1.50 bits per heavy atom. The number of hydrogen-bond donors (Lipinski definition) is 0. The van der Waals surface area contributed by atoms with Gasteiger partial charge in [-0.2, -0.15) is 5.10 Å². The number of rotatable bonds is 1. The number of aryl methyl sites for hydroxylation is 2. The molecule has 0 aliphatic rings. The van der Waals surface area contributed by atoms with Crippen LogP contribution in [0.1, 0.15) is 18.2 Å². The van der Waals surface area contributed by atoms with Crippen molar-refractivity contribution >= 4 is 22.6 Å². The molecule has 0 radical (unpaired) electrons. The predicted molar refractivity (Wildman–Crippen MR) is 57.6 cm³/mol. The van der Waals surface area contributed by atoms with E-state index in [0.717, 1.165) is 33.7 Å². The molecule has 0 N–H and O–H groups in total. The average Bonchev–Trinajstić information content (AvgIpc) is 2.49. The van der Waals surface area contributed by atoms with E-state index in [2.05, 4.69) is 17.0 Å². The zero-order valence-electron chi connectivity index (χ0n) is 8.50. The smallest absolute Gasteiger partial charge is 0.159 e. The molecule has 2 aromatic heterocycles. The van der Waals surface area contributed by atoms with Gasteiger partial charge in [0.25, 0.3) is 0 Å². The summed E-state index contributed by atoms with van der Waals surface area (Å²) >= 11 is 6.27. The van der Waals surface area contributed by atoms with Crippen molar-refractivity contribution < 1.29 is 0 Å². The minimum atomic E-state index is 0.795. The largest absolute Gasteiger partial charge is 0.250 e. The first-order chi connectivity index (χ1) is 6.65. The Hall–Kier alpha value is -1.09. The van der Waals surface area contributed by atoms with Crippen molar-refractivity contribution in [2.45, 2.75) is 20.3 Å². The molecule has 0 saturated carbocycles. The van der Waals surface area contributed by atoms with Crippen LogP contribution >= 0.6 is 11.6 Å². The molecule has 0 aliphatic carbocycles. The second-order valence-electron chi connectivity index (χ2n) is 3.35. The number of pyridine rings is 1. The lowest BCUT2D eigenvalue weighted by Gasteiger charge is -2.06. The molecule has 2 rings (SSSR count). The topological polar surface area (TPSA) is 30.7 Å². The molecule has 0 spiro atoms. The molecular weight excluding hydrogens is 198 g/mol. The van der Waals surface area contributed by atoms with E-state index in [1.54, 1.807) is 10.9 Å². The summed E-state index contributed by atoms with van der Waals surface area (Å²) in [4.78, 5) is 4.48. The van der Waals surface area contributed by atoms with Crippen LogP contribution in [-0.2, 0) is 13.5 Å². The molecule has 0 bridgehead atoms. The van der Waals surface area contributed by atoms with Gasteiger partial charge >= 0.3 is 0 Å². The van der Waals surface area contributed by atoms with Crippen LogP contribution in [0.25, 0.3) is 11.0 Å². The Balaban J connectivity index is 2.87. The van der Waals surface area contributed by atoms with Gasteiger partial charge in [0.05, 0.1) is 16.6 Å². The quantitative estimate of drug-likeness (QED) is 0.723. The molecule has 14 heavy (non-hydrogen) atoms. The maximum Gasteiger partial charge on any atom is 0.159 e. The van der Waals surface area contributed by atoms with Gasteiger partial charge in [0, 0.05) is 12.7 Å². The Labute approximate surface area is 87.7 Å². The van der Waals surface area contributed by atoms with Crippen molar-refractivity contribution in [3.8, 4) is 0 Å². The summed E-state index contributed by atoms with van der Waals surface area (Å²) in [6, 6.07) is 0. The molecule has 2 aromatic rings. The van der Waals surface area contributed by atoms with Gasteiger partial charge in [0.2, 0.25) is 0 Å². The second kappa shape index (κ2) is 3.24. The number of hydrogen-bond acceptors (Lipinski definition) is 2. The molecule has 0 saturated heterocycles. The van der Waals surface area contributed by atoms with E-state index in [1.165, 1.54) is 0 Å². The van der Waals surface area contributed by atoms with E-state index in [-0.39, 0.29) is 0 Å². The third-order valence-corrected chi connectivity index (χ3v) is 2.90. The molecule has 0 aliphatic heterocycles. The fourth-order valence-electron chi connectivity index (χ4n) is 1.68. The van der Waals surface area contributed by atoms with Crippen LogP contribution < -0.4 is 0 Å². The molecular formula is C10H12ClN3. The van der Waals surface area contributed by atoms with Gasteiger partial charge in [-0.1, -0.05) is 18.5 Å². The molecule has 0 fully saturated rings. The molecule has 4 heteroatoms. The van der Waals surface area contributed by atoms with Crippen molar-refractivity contribution in [3.05, 3.63) is 22.5 Å². The van der Waals surface area contributed by atoms with Gasteiger partial charge in [-0.05, 0) is 18.9 Å². The summed E-state index contributed by atoms with van der Waals surface area (Å²) in [5, 5.41) is 5.88. The second-order valence-corrected chi connectivity index (χ2v) is 3.73. The first kappa shape index (κ1) is 9.46. The third kappa shape index (κ3) is 1.20. The van der Waals surface area contributed by atoms with Crippen LogP contribution in [0.4, 0.5) is 0 Å². The van der Waals surface area contributed by atoms with E-state index in [9.17, 15) is 0 Å². The number of aromatic nitrogens is 3. The van der Waals surface area contributed by atoms with E-state index >= 15 is 0 Å². The number of halogens is 1. The van der Waals surface area contributed by atoms with Gasteiger partial charge in [0.15, 0.2) is 5.65 Å². The van der Waals surface area contributed by atoms with Crippen LogP contribution in [0.3, 0.4) is 0 Å². The molecule has 0 amide bonds. The predicted octanol–water partition coefficient (Wildman–Crippen LogP) is 2.49. The highest BCUT2D eigenvalue weighted by atomic mass is 35.5. The lowest BCUT2D eigenvalue weighted by atomic mass is 10.1. The summed E-state index contributed by atoms with van der Waals surface area (Å²) in [5.74, 6) is 0. The lowest BCUT2D eigenvalue weighted by Crippen LogP contribution is -1.97. The maximum absolute atomic E-state index is 6.27. The summed E-state index contributed by atoms with van der Waals surface area (Å²) < 4.78 is 1.74. The van der Waals surface area contributed by atoms with Crippen molar-refractivity contribution in [3.63, 3.8) is 0 Å². The Bertz CT molecular complexity index is 488. The zero-order valence-corrected chi connectivity index (χ0v) is 9.26. The molecule has 0 atom stereocenters. The van der Waals surface area contributed by atoms with Crippen LogP contribution in [0.5, 0.6) is 0 Å². The Kier molecular flexibility index (Phi) is 2.19.